The first kappa shape index (κ1) is 16.1. The first-order chi connectivity index (χ1) is 9.45. The van der Waals surface area contributed by atoms with E-state index in [0.29, 0.717) is 13.1 Å². The van der Waals surface area contributed by atoms with E-state index < -0.39 is 5.82 Å². The molecule has 2 amide bonds. The standard InChI is InChI=1S/C15H21FN2O2/c1-4-11(2)18(12(3)19)9-8-17-15(20)13-6-5-7-14(16)10-13/h5-7,10-11H,4,8-9H2,1-3H3,(H,17,20). The number of carbonyl (C=O) groups is 2. The number of benzene rings is 1. The van der Waals surface area contributed by atoms with Crippen molar-refractivity contribution in [3.8, 4) is 0 Å². The zero-order valence-electron chi connectivity index (χ0n) is 12.1. The van der Waals surface area contributed by atoms with E-state index in [9.17, 15) is 14.0 Å². The highest BCUT2D eigenvalue weighted by Crippen LogP contribution is 2.04. The van der Waals surface area contributed by atoms with Gasteiger partial charge in [0.15, 0.2) is 0 Å². The summed E-state index contributed by atoms with van der Waals surface area (Å²) in [6.45, 7) is 6.28. The van der Waals surface area contributed by atoms with Gasteiger partial charge in [0, 0.05) is 31.6 Å². The molecule has 0 fully saturated rings. The highest BCUT2D eigenvalue weighted by atomic mass is 19.1. The van der Waals surface area contributed by atoms with Gasteiger partial charge in [-0.1, -0.05) is 13.0 Å². The van der Waals surface area contributed by atoms with Crippen molar-refractivity contribution < 1.29 is 14.0 Å². The number of nitrogens with one attached hydrogen (secondary N) is 1. The topological polar surface area (TPSA) is 49.4 Å². The number of rotatable bonds is 6. The number of hydrogen-bond acceptors (Lipinski definition) is 2. The molecule has 1 aromatic carbocycles. The van der Waals surface area contributed by atoms with Gasteiger partial charge in [-0.3, -0.25) is 9.59 Å². The van der Waals surface area contributed by atoms with Gasteiger partial charge in [-0.2, -0.15) is 0 Å². The molecule has 0 saturated heterocycles. The second-order valence-electron chi connectivity index (χ2n) is 4.74. The lowest BCUT2D eigenvalue weighted by Crippen LogP contribution is -2.42. The van der Waals surface area contributed by atoms with Crippen molar-refractivity contribution >= 4 is 11.8 Å². The van der Waals surface area contributed by atoms with Crippen LogP contribution < -0.4 is 5.32 Å². The van der Waals surface area contributed by atoms with Crippen molar-refractivity contribution in [2.45, 2.75) is 33.2 Å². The highest BCUT2D eigenvalue weighted by Gasteiger charge is 2.15. The minimum atomic E-state index is -0.442. The summed E-state index contributed by atoms with van der Waals surface area (Å²) in [5, 5.41) is 2.69. The zero-order chi connectivity index (χ0) is 15.1. The molecule has 1 N–H and O–H groups in total. The lowest BCUT2D eigenvalue weighted by molar-refractivity contribution is -0.130. The Kier molecular flexibility index (Phi) is 6.15. The first-order valence-corrected chi connectivity index (χ1v) is 6.76. The van der Waals surface area contributed by atoms with Crippen LogP contribution in [0.25, 0.3) is 0 Å². The molecule has 0 spiro atoms. The van der Waals surface area contributed by atoms with Crippen molar-refractivity contribution in [3.05, 3.63) is 35.6 Å². The molecule has 0 aliphatic rings. The molecule has 1 rings (SSSR count). The van der Waals surface area contributed by atoms with E-state index in [1.54, 1.807) is 11.0 Å². The normalized spacial score (nSPS) is 11.8. The van der Waals surface area contributed by atoms with Crippen LogP contribution in [0.4, 0.5) is 4.39 Å². The van der Waals surface area contributed by atoms with E-state index in [4.69, 9.17) is 0 Å². The lowest BCUT2D eigenvalue weighted by atomic mass is 10.2. The summed E-state index contributed by atoms with van der Waals surface area (Å²) in [6, 6.07) is 5.66. The summed E-state index contributed by atoms with van der Waals surface area (Å²) in [4.78, 5) is 25.0. The van der Waals surface area contributed by atoms with Crippen LogP contribution in [0.2, 0.25) is 0 Å². The van der Waals surface area contributed by atoms with Crippen LogP contribution in [-0.2, 0) is 4.79 Å². The molecule has 0 aromatic heterocycles. The van der Waals surface area contributed by atoms with Crippen molar-refractivity contribution in [3.63, 3.8) is 0 Å². The van der Waals surface area contributed by atoms with Crippen LogP contribution in [0.5, 0.6) is 0 Å². The van der Waals surface area contributed by atoms with Crippen molar-refractivity contribution in [2.24, 2.45) is 0 Å². The van der Waals surface area contributed by atoms with E-state index in [1.165, 1.54) is 25.1 Å². The van der Waals surface area contributed by atoms with E-state index in [1.807, 2.05) is 13.8 Å². The molecule has 0 bridgehead atoms. The van der Waals surface area contributed by atoms with Crippen LogP contribution in [0, 0.1) is 5.82 Å². The van der Waals surface area contributed by atoms with Crippen LogP contribution >= 0.6 is 0 Å². The van der Waals surface area contributed by atoms with Crippen molar-refractivity contribution in [1.82, 2.24) is 10.2 Å². The molecule has 0 heterocycles. The minimum Gasteiger partial charge on any atom is -0.350 e. The quantitative estimate of drug-likeness (QED) is 0.868. The Balaban J connectivity index is 2.50. The van der Waals surface area contributed by atoms with Crippen LogP contribution in [0.15, 0.2) is 24.3 Å². The lowest BCUT2D eigenvalue weighted by Gasteiger charge is -2.27. The van der Waals surface area contributed by atoms with Crippen molar-refractivity contribution in [1.29, 1.82) is 0 Å². The maximum Gasteiger partial charge on any atom is 0.251 e. The van der Waals surface area contributed by atoms with Gasteiger partial charge in [0.1, 0.15) is 5.82 Å². The predicted molar refractivity (Wildman–Crippen MR) is 75.9 cm³/mol. The molecule has 1 atom stereocenters. The molecule has 0 aliphatic carbocycles. The van der Waals surface area contributed by atoms with E-state index in [0.717, 1.165) is 6.42 Å². The summed E-state index contributed by atoms with van der Waals surface area (Å²) >= 11 is 0. The molecule has 1 aromatic rings. The molecule has 4 nitrogen and oxygen atoms in total. The largest absolute Gasteiger partial charge is 0.350 e. The SMILES string of the molecule is CCC(C)N(CCNC(=O)c1cccc(F)c1)C(C)=O. The van der Waals surface area contributed by atoms with Gasteiger partial charge in [0.25, 0.3) is 5.91 Å². The molecule has 1 unspecified atom stereocenters. The van der Waals surface area contributed by atoms with Crippen LogP contribution in [0.3, 0.4) is 0 Å². The molecule has 0 saturated carbocycles. The zero-order valence-corrected chi connectivity index (χ0v) is 12.1. The van der Waals surface area contributed by atoms with Crippen LogP contribution in [-0.4, -0.2) is 35.8 Å². The van der Waals surface area contributed by atoms with Gasteiger partial charge in [-0.15, -0.1) is 0 Å². The number of amides is 2. The predicted octanol–water partition coefficient (Wildman–Crippen LogP) is 2.20. The van der Waals surface area contributed by atoms with E-state index >= 15 is 0 Å². The third kappa shape index (κ3) is 4.64. The first-order valence-electron chi connectivity index (χ1n) is 6.76. The molecular weight excluding hydrogens is 259 g/mol. The van der Waals surface area contributed by atoms with Gasteiger partial charge in [-0.25, -0.2) is 4.39 Å². The number of carbonyl (C=O) groups excluding carboxylic acids is 2. The third-order valence-corrected chi connectivity index (χ3v) is 3.25. The van der Waals surface area contributed by atoms with E-state index in [-0.39, 0.29) is 23.4 Å². The Morgan fingerprint density at radius 2 is 2.10 bits per heavy atom. The van der Waals surface area contributed by atoms with Gasteiger partial charge in [0.05, 0.1) is 0 Å². The Morgan fingerprint density at radius 1 is 1.40 bits per heavy atom. The average Bonchev–Trinajstić information content (AvgIpc) is 2.42. The Morgan fingerprint density at radius 3 is 2.65 bits per heavy atom. The second kappa shape index (κ2) is 7.62. The molecule has 0 radical (unpaired) electrons. The summed E-state index contributed by atoms with van der Waals surface area (Å²) < 4.78 is 13.0. The molecular formula is C15H21FN2O2. The summed E-state index contributed by atoms with van der Waals surface area (Å²) in [5.74, 6) is -0.792. The summed E-state index contributed by atoms with van der Waals surface area (Å²) in [6.07, 6.45) is 0.859. The fraction of sp³-hybridized carbons (Fsp3) is 0.467. The van der Waals surface area contributed by atoms with Crippen molar-refractivity contribution in [2.75, 3.05) is 13.1 Å². The Bertz CT molecular complexity index is 477. The maximum absolute atomic E-state index is 13.0. The maximum atomic E-state index is 13.0. The number of halogens is 1. The molecule has 5 heteroatoms. The van der Waals surface area contributed by atoms with Gasteiger partial charge >= 0.3 is 0 Å². The molecule has 20 heavy (non-hydrogen) atoms. The highest BCUT2D eigenvalue weighted by molar-refractivity contribution is 5.94. The summed E-state index contributed by atoms with van der Waals surface area (Å²) in [5.41, 5.74) is 0.280. The number of hydrogen-bond donors (Lipinski definition) is 1. The van der Waals surface area contributed by atoms with Crippen LogP contribution in [0.1, 0.15) is 37.6 Å². The second-order valence-corrected chi connectivity index (χ2v) is 4.74. The van der Waals surface area contributed by atoms with E-state index in [2.05, 4.69) is 5.32 Å². The van der Waals surface area contributed by atoms with Gasteiger partial charge < -0.3 is 10.2 Å². The monoisotopic (exact) mass is 280 g/mol. The Labute approximate surface area is 119 Å². The number of nitrogens with zero attached hydrogens (tertiary/aromatic N) is 1. The van der Waals surface area contributed by atoms with Gasteiger partial charge in [-0.05, 0) is 31.5 Å². The third-order valence-electron chi connectivity index (χ3n) is 3.25. The molecule has 0 aliphatic heterocycles. The van der Waals surface area contributed by atoms with Gasteiger partial charge in [0.2, 0.25) is 5.91 Å². The Hall–Kier alpha value is -1.91. The minimum absolute atomic E-state index is 0.0145. The smallest absolute Gasteiger partial charge is 0.251 e. The fourth-order valence-corrected chi connectivity index (χ4v) is 1.93. The molecule has 110 valence electrons. The average molecular weight is 280 g/mol. The summed E-state index contributed by atoms with van der Waals surface area (Å²) in [7, 11) is 0. The fourth-order valence-electron chi connectivity index (χ4n) is 1.93.